The van der Waals surface area contributed by atoms with Gasteiger partial charge in [0, 0.05) is 0 Å². The average Bonchev–Trinajstić information content (AvgIpc) is 2.03. The fraction of sp³-hybridized carbons (Fsp3) is 0.800. The highest BCUT2D eigenvalue weighted by Crippen LogP contribution is 1.74. The minimum absolute atomic E-state index is 0.309. The Hall–Kier alpha value is -0.690. The molecule has 0 bridgehead atoms. The molecule has 66 valence electrons. The van der Waals surface area contributed by atoms with Crippen LogP contribution in [0.1, 0.15) is 0 Å². The van der Waals surface area contributed by atoms with Gasteiger partial charge in [0.05, 0.1) is 26.4 Å². The second-order valence-corrected chi connectivity index (χ2v) is 1.57. The van der Waals surface area contributed by atoms with E-state index in [1.54, 1.807) is 0 Å². The molecule has 0 fully saturated rings. The minimum atomic E-state index is 0.309. The van der Waals surface area contributed by atoms with E-state index in [2.05, 4.69) is 9.68 Å². The summed E-state index contributed by atoms with van der Waals surface area (Å²) in [5.41, 5.74) is 2.02. The van der Waals surface area contributed by atoms with E-state index in [9.17, 15) is 4.79 Å². The van der Waals surface area contributed by atoms with E-state index >= 15 is 0 Å². The summed E-state index contributed by atoms with van der Waals surface area (Å²) in [6.45, 7) is 1.47. The van der Waals surface area contributed by atoms with E-state index in [4.69, 9.17) is 10.6 Å². The van der Waals surface area contributed by atoms with Crippen LogP contribution in [0.3, 0.4) is 0 Å². The quantitative estimate of drug-likeness (QED) is 0.261. The van der Waals surface area contributed by atoms with Crippen molar-refractivity contribution < 1.29 is 19.2 Å². The lowest BCUT2D eigenvalue weighted by atomic mass is 10.7. The molecule has 0 saturated heterocycles. The molecular formula is C5H12N2O4. The predicted octanol–water partition coefficient (Wildman–Crippen LogP) is -1.43. The predicted molar refractivity (Wildman–Crippen MR) is 36.1 cm³/mol. The van der Waals surface area contributed by atoms with E-state index in [1.807, 2.05) is 5.48 Å². The zero-order valence-electron chi connectivity index (χ0n) is 6.12. The number of nitrogens with two attached hydrogens (primary N) is 1. The Morgan fingerprint density at radius 2 is 2.00 bits per heavy atom. The third-order valence-electron chi connectivity index (χ3n) is 0.807. The molecule has 0 radical (unpaired) electrons. The molecule has 0 aromatic heterocycles. The molecular weight excluding hydrogens is 152 g/mol. The molecule has 11 heavy (non-hydrogen) atoms. The molecule has 6 nitrogen and oxygen atoms in total. The molecule has 0 saturated carbocycles. The Morgan fingerprint density at radius 1 is 1.27 bits per heavy atom. The zero-order valence-corrected chi connectivity index (χ0v) is 6.12. The Bertz CT molecular complexity index is 90.6. The third kappa shape index (κ3) is 9.31. The Balaban J connectivity index is 2.74. The molecule has 3 N–H and O–H groups in total. The van der Waals surface area contributed by atoms with Crippen molar-refractivity contribution in [1.29, 1.82) is 0 Å². The zero-order chi connectivity index (χ0) is 8.36. The van der Waals surface area contributed by atoms with Crippen molar-refractivity contribution >= 4 is 6.41 Å². The minimum Gasteiger partial charge on any atom is -0.376 e. The molecule has 6 heteroatoms. The van der Waals surface area contributed by atoms with Gasteiger partial charge in [-0.2, -0.15) is 0 Å². The number of rotatable bonds is 8. The molecule has 1 amide bonds. The number of carbonyl (C=O) groups excluding carboxylic acids is 1. The van der Waals surface area contributed by atoms with Gasteiger partial charge >= 0.3 is 0 Å². The summed E-state index contributed by atoms with van der Waals surface area (Å²) in [4.78, 5) is 18.4. The van der Waals surface area contributed by atoms with Crippen LogP contribution >= 0.6 is 0 Å². The van der Waals surface area contributed by atoms with Crippen LogP contribution in [-0.2, 0) is 19.2 Å². The summed E-state index contributed by atoms with van der Waals surface area (Å²) in [5, 5.41) is 0. The first kappa shape index (κ1) is 10.3. The Labute approximate surface area is 64.5 Å². The van der Waals surface area contributed by atoms with Gasteiger partial charge in [0.2, 0.25) is 6.41 Å². The van der Waals surface area contributed by atoms with Gasteiger partial charge in [0.15, 0.2) is 0 Å². The highest BCUT2D eigenvalue weighted by molar-refractivity contribution is 5.43. The first-order valence-corrected chi connectivity index (χ1v) is 3.12. The van der Waals surface area contributed by atoms with Crippen molar-refractivity contribution in [2.24, 2.45) is 5.90 Å². The van der Waals surface area contributed by atoms with Gasteiger partial charge in [0.1, 0.15) is 0 Å². The van der Waals surface area contributed by atoms with Crippen molar-refractivity contribution in [3.05, 3.63) is 0 Å². The van der Waals surface area contributed by atoms with Crippen molar-refractivity contribution in [3.8, 4) is 0 Å². The van der Waals surface area contributed by atoms with Crippen LogP contribution in [0.2, 0.25) is 0 Å². The molecule has 0 rings (SSSR count). The molecule has 0 aromatic rings. The van der Waals surface area contributed by atoms with Crippen LogP contribution in [0.15, 0.2) is 0 Å². The Morgan fingerprint density at radius 3 is 2.64 bits per heavy atom. The van der Waals surface area contributed by atoms with E-state index in [-0.39, 0.29) is 0 Å². The normalized spacial score (nSPS) is 9.55. The smallest absolute Gasteiger partial charge is 0.230 e. The van der Waals surface area contributed by atoms with Crippen molar-refractivity contribution in [3.63, 3.8) is 0 Å². The molecule has 0 heterocycles. The lowest BCUT2D eigenvalue weighted by molar-refractivity contribution is -0.122. The fourth-order valence-electron chi connectivity index (χ4n) is 0.403. The van der Waals surface area contributed by atoms with E-state index < -0.39 is 0 Å². The van der Waals surface area contributed by atoms with Crippen LogP contribution < -0.4 is 11.4 Å². The summed E-state index contributed by atoms with van der Waals surface area (Å²) in [5.74, 6) is 4.72. The highest BCUT2D eigenvalue weighted by Gasteiger charge is 1.87. The molecule has 0 atom stereocenters. The van der Waals surface area contributed by atoms with E-state index in [0.29, 0.717) is 32.8 Å². The van der Waals surface area contributed by atoms with Crippen molar-refractivity contribution in [2.75, 3.05) is 26.4 Å². The maximum atomic E-state index is 9.63. The first-order chi connectivity index (χ1) is 5.41. The second-order valence-electron chi connectivity index (χ2n) is 1.57. The van der Waals surface area contributed by atoms with Gasteiger partial charge in [-0.1, -0.05) is 0 Å². The summed E-state index contributed by atoms with van der Waals surface area (Å²) >= 11 is 0. The van der Waals surface area contributed by atoms with Crippen LogP contribution in [-0.4, -0.2) is 32.8 Å². The second kappa shape index (κ2) is 9.31. The maximum Gasteiger partial charge on any atom is 0.230 e. The number of ether oxygens (including phenoxy) is 1. The lowest BCUT2D eigenvalue weighted by Crippen LogP contribution is -2.17. The molecule has 0 aliphatic rings. The molecule has 0 aliphatic carbocycles. The number of carbonyl (C=O) groups is 1. The monoisotopic (exact) mass is 164 g/mol. The number of nitrogens with one attached hydrogen (secondary N) is 1. The van der Waals surface area contributed by atoms with Gasteiger partial charge in [-0.25, -0.2) is 11.4 Å². The third-order valence-corrected chi connectivity index (χ3v) is 0.807. The fourth-order valence-corrected chi connectivity index (χ4v) is 0.403. The maximum absolute atomic E-state index is 9.63. The average molecular weight is 164 g/mol. The van der Waals surface area contributed by atoms with Crippen molar-refractivity contribution in [1.82, 2.24) is 5.48 Å². The van der Waals surface area contributed by atoms with Gasteiger partial charge in [-0.15, -0.1) is 0 Å². The van der Waals surface area contributed by atoms with Crippen LogP contribution in [0.4, 0.5) is 0 Å². The summed E-state index contributed by atoms with van der Waals surface area (Å²) in [6, 6.07) is 0. The molecule has 0 spiro atoms. The first-order valence-electron chi connectivity index (χ1n) is 3.12. The van der Waals surface area contributed by atoms with E-state index in [0.717, 1.165) is 0 Å². The Kier molecular flexibility index (Phi) is 8.73. The van der Waals surface area contributed by atoms with E-state index in [1.165, 1.54) is 0 Å². The summed E-state index contributed by atoms with van der Waals surface area (Å²) in [6.07, 6.45) is 0.447. The van der Waals surface area contributed by atoms with Gasteiger partial charge in [-0.3, -0.25) is 9.63 Å². The lowest BCUT2D eigenvalue weighted by Gasteiger charge is -2.02. The van der Waals surface area contributed by atoms with Crippen molar-refractivity contribution in [2.45, 2.75) is 0 Å². The molecule has 0 aromatic carbocycles. The number of hydroxylamine groups is 1. The highest BCUT2D eigenvalue weighted by atomic mass is 16.7. The SMILES string of the molecule is NOCCOCCONC=O. The van der Waals surface area contributed by atoms with Gasteiger partial charge < -0.3 is 9.57 Å². The molecule has 0 unspecified atom stereocenters. The number of hydrogen-bond acceptors (Lipinski definition) is 5. The summed E-state index contributed by atoms with van der Waals surface area (Å²) < 4.78 is 4.93. The largest absolute Gasteiger partial charge is 0.376 e. The molecule has 0 aliphatic heterocycles. The summed E-state index contributed by atoms with van der Waals surface area (Å²) in [7, 11) is 0. The number of hydrogen-bond donors (Lipinski definition) is 2. The van der Waals surface area contributed by atoms with Gasteiger partial charge in [0.25, 0.3) is 0 Å². The standard InChI is InChI=1S/C5H12N2O4/c6-10-3-1-9-2-4-11-7-5-8/h5H,1-4,6H2,(H,7,8). The van der Waals surface area contributed by atoms with Crippen LogP contribution in [0.25, 0.3) is 0 Å². The number of amides is 1. The van der Waals surface area contributed by atoms with Gasteiger partial charge in [-0.05, 0) is 0 Å². The van der Waals surface area contributed by atoms with Crippen LogP contribution in [0.5, 0.6) is 0 Å². The van der Waals surface area contributed by atoms with Crippen LogP contribution in [0, 0.1) is 0 Å². The topological polar surface area (TPSA) is 82.8 Å².